The minimum atomic E-state index is -4.30. The van der Waals surface area contributed by atoms with Gasteiger partial charge in [0.2, 0.25) is 0 Å². The molecule has 0 nitrogen and oxygen atoms in total. The van der Waals surface area contributed by atoms with Crippen LogP contribution in [0.1, 0.15) is 23.6 Å². The Kier molecular flexibility index (Phi) is 3.72. The number of hydrogen-bond donors (Lipinski definition) is 0. The molecule has 0 heterocycles. The Morgan fingerprint density at radius 1 is 0.737 bits per heavy atom. The summed E-state index contributed by atoms with van der Waals surface area (Å²) in [6.07, 6.45) is -4.30. The van der Waals surface area contributed by atoms with Crippen molar-refractivity contribution in [2.75, 3.05) is 0 Å². The smallest absolute Gasteiger partial charge is 0.166 e. The molecule has 0 spiro atoms. The van der Waals surface area contributed by atoms with Crippen LogP contribution in [0.3, 0.4) is 0 Å². The molecule has 0 aromatic heterocycles. The molecule has 2 aromatic rings. The zero-order valence-corrected chi connectivity index (χ0v) is 11.8. The molecular formula is C15H12BrF3. The molecule has 0 N–H and O–H groups in total. The molecule has 1 unspecified atom stereocenters. The molecule has 2 aromatic carbocycles. The summed E-state index contributed by atoms with van der Waals surface area (Å²) in [4.78, 5) is 0. The first-order valence-corrected chi connectivity index (χ1v) is 6.53. The van der Waals surface area contributed by atoms with Crippen molar-refractivity contribution in [3.05, 3.63) is 71.3 Å². The molecule has 0 saturated carbocycles. The van der Waals surface area contributed by atoms with E-state index in [0.29, 0.717) is 0 Å². The predicted molar refractivity (Wildman–Crippen MR) is 73.3 cm³/mol. The van der Waals surface area contributed by atoms with E-state index in [0.717, 1.165) is 23.3 Å². The van der Waals surface area contributed by atoms with Crippen LogP contribution in [-0.4, -0.2) is 0 Å². The molecule has 0 aliphatic rings. The van der Waals surface area contributed by atoms with Gasteiger partial charge in [0.25, 0.3) is 0 Å². The number of benzene rings is 2. The fourth-order valence-corrected chi connectivity index (χ4v) is 2.42. The quantitative estimate of drug-likeness (QED) is 0.650. The fourth-order valence-electron chi connectivity index (χ4n) is 1.89. The Balaban J connectivity index is 2.37. The van der Waals surface area contributed by atoms with Gasteiger partial charge in [0.1, 0.15) is 0 Å². The van der Waals surface area contributed by atoms with E-state index in [1.54, 1.807) is 0 Å². The SMILES string of the molecule is CC(Br)(c1ccccc1)c1ccc(C(F)(F)F)cc1. The van der Waals surface area contributed by atoms with Crippen molar-refractivity contribution in [3.63, 3.8) is 0 Å². The van der Waals surface area contributed by atoms with E-state index >= 15 is 0 Å². The molecule has 1 atom stereocenters. The zero-order valence-electron chi connectivity index (χ0n) is 10.2. The summed E-state index contributed by atoms with van der Waals surface area (Å²) in [5.74, 6) is 0. The van der Waals surface area contributed by atoms with Gasteiger partial charge in [0.15, 0.2) is 0 Å². The van der Waals surface area contributed by atoms with Crippen LogP contribution in [0.2, 0.25) is 0 Å². The lowest BCUT2D eigenvalue weighted by Gasteiger charge is -2.24. The number of alkyl halides is 4. The highest BCUT2D eigenvalue weighted by atomic mass is 79.9. The molecule has 4 heteroatoms. The average Bonchev–Trinajstić information content (AvgIpc) is 2.39. The fraction of sp³-hybridized carbons (Fsp3) is 0.200. The van der Waals surface area contributed by atoms with Crippen LogP contribution in [0.4, 0.5) is 13.2 Å². The molecule has 0 fully saturated rings. The van der Waals surface area contributed by atoms with E-state index in [-0.39, 0.29) is 0 Å². The lowest BCUT2D eigenvalue weighted by molar-refractivity contribution is -0.137. The Hall–Kier alpha value is -1.29. The van der Waals surface area contributed by atoms with Crippen LogP contribution in [0.25, 0.3) is 0 Å². The highest BCUT2D eigenvalue weighted by molar-refractivity contribution is 9.09. The monoisotopic (exact) mass is 328 g/mol. The molecule has 0 amide bonds. The topological polar surface area (TPSA) is 0 Å². The lowest BCUT2D eigenvalue weighted by Crippen LogP contribution is -2.15. The van der Waals surface area contributed by atoms with Gasteiger partial charge in [0.05, 0.1) is 9.89 Å². The molecule has 0 radical (unpaired) electrons. The van der Waals surface area contributed by atoms with E-state index in [1.807, 2.05) is 37.3 Å². The van der Waals surface area contributed by atoms with Gasteiger partial charge in [-0.1, -0.05) is 58.4 Å². The van der Waals surface area contributed by atoms with Crippen molar-refractivity contribution in [1.29, 1.82) is 0 Å². The van der Waals surface area contributed by atoms with Gasteiger partial charge in [-0.15, -0.1) is 0 Å². The summed E-state index contributed by atoms with van der Waals surface area (Å²) in [7, 11) is 0. The van der Waals surface area contributed by atoms with E-state index in [4.69, 9.17) is 0 Å². The maximum absolute atomic E-state index is 12.5. The summed E-state index contributed by atoms with van der Waals surface area (Å²) in [5, 5.41) is 0. The second-order valence-electron chi connectivity index (χ2n) is 4.44. The molecular weight excluding hydrogens is 317 g/mol. The van der Waals surface area contributed by atoms with Crippen LogP contribution in [0.5, 0.6) is 0 Å². The minimum Gasteiger partial charge on any atom is -0.166 e. The summed E-state index contributed by atoms with van der Waals surface area (Å²) in [5.41, 5.74) is 1.15. The van der Waals surface area contributed by atoms with Gasteiger partial charge in [-0.3, -0.25) is 0 Å². The molecule has 0 aliphatic heterocycles. The van der Waals surface area contributed by atoms with Crippen molar-refractivity contribution in [2.45, 2.75) is 17.4 Å². The Morgan fingerprint density at radius 2 is 1.16 bits per heavy atom. The second kappa shape index (κ2) is 5.00. The van der Waals surface area contributed by atoms with Crippen molar-refractivity contribution in [2.24, 2.45) is 0 Å². The number of rotatable bonds is 2. The summed E-state index contributed by atoms with van der Waals surface area (Å²) in [6.45, 7) is 1.92. The van der Waals surface area contributed by atoms with E-state index in [9.17, 15) is 13.2 Å². The van der Waals surface area contributed by atoms with Crippen LogP contribution in [0.15, 0.2) is 54.6 Å². The van der Waals surface area contributed by atoms with Crippen LogP contribution in [0, 0.1) is 0 Å². The standard InChI is InChI=1S/C15H12BrF3/c1-14(16,11-5-3-2-4-6-11)12-7-9-13(10-8-12)15(17,18)19/h2-10H,1H3. The third-order valence-corrected chi connectivity index (χ3v) is 3.99. The van der Waals surface area contributed by atoms with Gasteiger partial charge >= 0.3 is 6.18 Å². The average molecular weight is 329 g/mol. The maximum Gasteiger partial charge on any atom is 0.416 e. The molecule has 19 heavy (non-hydrogen) atoms. The first-order chi connectivity index (χ1) is 8.82. The van der Waals surface area contributed by atoms with Gasteiger partial charge in [-0.2, -0.15) is 13.2 Å². The van der Waals surface area contributed by atoms with Crippen molar-refractivity contribution < 1.29 is 13.2 Å². The highest BCUT2D eigenvalue weighted by Crippen LogP contribution is 2.39. The third kappa shape index (κ3) is 3.00. The highest BCUT2D eigenvalue weighted by Gasteiger charge is 2.31. The summed E-state index contributed by atoms with van der Waals surface area (Å²) in [6, 6.07) is 14.8. The van der Waals surface area contributed by atoms with E-state index < -0.39 is 16.1 Å². The Bertz CT molecular complexity index is 542. The van der Waals surface area contributed by atoms with Crippen molar-refractivity contribution in [1.82, 2.24) is 0 Å². The van der Waals surface area contributed by atoms with Crippen molar-refractivity contribution in [3.8, 4) is 0 Å². The van der Waals surface area contributed by atoms with Gasteiger partial charge in [-0.05, 0) is 30.2 Å². The van der Waals surface area contributed by atoms with Crippen LogP contribution < -0.4 is 0 Å². The zero-order chi connectivity index (χ0) is 14.1. The molecule has 0 saturated heterocycles. The van der Waals surface area contributed by atoms with Gasteiger partial charge in [-0.25, -0.2) is 0 Å². The lowest BCUT2D eigenvalue weighted by atomic mass is 9.92. The first kappa shape index (κ1) is 14.1. The summed E-state index contributed by atoms with van der Waals surface area (Å²) < 4.78 is 37.1. The minimum absolute atomic E-state index is 0.502. The molecule has 2 rings (SSSR count). The predicted octanol–water partition coefficient (Wildman–Crippen LogP) is 5.36. The molecule has 0 aliphatic carbocycles. The Morgan fingerprint density at radius 3 is 1.63 bits per heavy atom. The van der Waals surface area contributed by atoms with E-state index in [1.165, 1.54) is 12.1 Å². The van der Waals surface area contributed by atoms with E-state index in [2.05, 4.69) is 15.9 Å². The Labute approximate surface area is 118 Å². The first-order valence-electron chi connectivity index (χ1n) is 5.74. The maximum atomic E-state index is 12.5. The van der Waals surface area contributed by atoms with Crippen LogP contribution >= 0.6 is 15.9 Å². The molecule has 100 valence electrons. The van der Waals surface area contributed by atoms with Crippen LogP contribution in [-0.2, 0) is 10.5 Å². The number of halogens is 4. The van der Waals surface area contributed by atoms with Gasteiger partial charge in [0, 0.05) is 0 Å². The summed E-state index contributed by atoms with van der Waals surface area (Å²) >= 11 is 3.59. The van der Waals surface area contributed by atoms with Crippen molar-refractivity contribution >= 4 is 15.9 Å². The molecule has 0 bridgehead atoms. The second-order valence-corrected chi connectivity index (χ2v) is 6.03. The normalized spacial score (nSPS) is 15.0. The third-order valence-electron chi connectivity index (χ3n) is 3.07. The number of hydrogen-bond acceptors (Lipinski definition) is 0. The largest absolute Gasteiger partial charge is 0.416 e. The van der Waals surface area contributed by atoms with Gasteiger partial charge < -0.3 is 0 Å².